The summed E-state index contributed by atoms with van der Waals surface area (Å²) in [5, 5.41) is 17.7. The van der Waals surface area contributed by atoms with Gasteiger partial charge in [0.1, 0.15) is 19.3 Å². The minimum Gasteiger partial charge on any atom is -0.412 e. The van der Waals surface area contributed by atoms with E-state index in [1.54, 1.807) is 6.92 Å². The maximum absolute atomic E-state index is 8.85. The van der Waals surface area contributed by atoms with Crippen LogP contribution in [-0.4, -0.2) is 65.8 Å². The molecule has 24 heavy (non-hydrogen) atoms. The van der Waals surface area contributed by atoms with E-state index in [-0.39, 0.29) is 48.7 Å². The lowest BCUT2D eigenvalue weighted by Gasteiger charge is -2.16. The van der Waals surface area contributed by atoms with Crippen LogP contribution in [0.1, 0.15) is 5.82 Å². The Balaban J connectivity index is 0.000000460. The van der Waals surface area contributed by atoms with Crippen LogP contribution < -0.4 is 22.1 Å². The number of rotatable bonds is 4. The molecule has 0 atom stereocenters. The van der Waals surface area contributed by atoms with E-state index in [0.29, 0.717) is 5.82 Å². The van der Waals surface area contributed by atoms with Crippen molar-refractivity contribution in [2.75, 3.05) is 35.6 Å². The summed E-state index contributed by atoms with van der Waals surface area (Å²) in [5.41, 5.74) is 15.4. The van der Waals surface area contributed by atoms with Crippen molar-refractivity contribution in [2.24, 2.45) is 4.99 Å². The molecule has 14 nitrogen and oxygen atoms in total. The van der Waals surface area contributed by atoms with Crippen LogP contribution in [0.3, 0.4) is 0 Å². The number of hydrogen-bond acceptors (Lipinski definition) is 13. The van der Waals surface area contributed by atoms with Crippen molar-refractivity contribution in [1.82, 2.24) is 29.9 Å². The summed E-state index contributed by atoms with van der Waals surface area (Å²) >= 11 is 0. The number of aliphatic imine (C=N–C) groups is 1. The Kier molecular flexibility index (Phi) is 8.41. The van der Waals surface area contributed by atoms with E-state index in [9.17, 15) is 0 Å². The van der Waals surface area contributed by atoms with Gasteiger partial charge in [-0.15, -0.1) is 0 Å². The highest BCUT2D eigenvalue weighted by Crippen LogP contribution is 2.10. The number of aliphatic hydroxyl groups is 2. The predicted octanol–water partition coefficient (Wildman–Crippen LogP) is -2.99. The van der Waals surface area contributed by atoms with Crippen molar-refractivity contribution in [3.8, 4) is 0 Å². The van der Waals surface area contributed by atoms with Crippen molar-refractivity contribution in [2.45, 2.75) is 6.92 Å². The molecule has 14 heteroatoms. The van der Waals surface area contributed by atoms with E-state index in [4.69, 9.17) is 27.4 Å². The van der Waals surface area contributed by atoms with Gasteiger partial charge < -0.3 is 32.9 Å². The highest BCUT2D eigenvalue weighted by molar-refractivity contribution is 5.39. The second-order valence-electron chi connectivity index (χ2n) is 3.87. The predicted molar refractivity (Wildman–Crippen MR) is 87.1 cm³/mol. The van der Waals surface area contributed by atoms with E-state index >= 15 is 0 Å². The summed E-state index contributed by atoms with van der Waals surface area (Å²) < 4.78 is 0. The number of aromatic nitrogens is 6. The lowest BCUT2D eigenvalue weighted by molar-refractivity contribution is 0.220. The van der Waals surface area contributed by atoms with Crippen LogP contribution in [0.15, 0.2) is 4.99 Å². The standard InChI is InChI=1S/C7H11N5O2.C3H6N6.H2O/c1-5-9-6(8-2)11-7(10-5)12(3-13)4-14;4-1-7-2(5)9-3(6)8-1;/h13-14H,2-4H2,1H3;(H6,4,5,6,7,8,9);1H2. The first kappa shape index (κ1) is 20.8. The average Bonchev–Trinajstić information content (AvgIpc) is 2.47. The first-order valence-electron chi connectivity index (χ1n) is 6.08. The van der Waals surface area contributed by atoms with E-state index in [1.807, 2.05) is 0 Å². The molecular weight excluding hydrogens is 322 g/mol. The summed E-state index contributed by atoms with van der Waals surface area (Å²) in [5.74, 6) is 0.911. The van der Waals surface area contributed by atoms with Gasteiger partial charge in [0.05, 0.1) is 0 Å². The molecule has 0 aliphatic carbocycles. The van der Waals surface area contributed by atoms with E-state index in [1.165, 1.54) is 0 Å². The van der Waals surface area contributed by atoms with Gasteiger partial charge in [-0.25, -0.2) is 4.99 Å². The maximum atomic E-state index is 8.85. The monoisotopic (exact) mass is 341 g/mol. The zero-order chi connectivity index (χ0) is 17.4. The Morgan fingerprint density at radius 3 is 1.75 bits per heavy atom. The quantitative estimate of drug-likeness (QED) is 0.276. The molecule has 0 amide bonds. The minimum atomic E-state index is -0.378. The van der Waals surface area contributed by atoms with Crippen LogP contribution >= 0.6 is 0 Å². The second kappa shape index (κ2) is 9.72. The van der Waals surface area contributed by atoms with Gasteiger partial charge in [-0.05, 0) is 13.6 Å². The Bertz CT molecular complexity index is 614. The molecule has 0 spiro atoms. The normalized spacial score (nSPS) is 9.29. The lowest BCUT2D eigenvalue weighted by Crippen LogP contribution is -2.27. The molecular formula is C10H19N11O3. The van der Waals surface area contributed by atoms with Crippen molar-refractivity contribution in [1.29, 1.82) is 0 Å². The molecule has 0 bridgehead atoms. The molecule has 2 heterocycles. The molecule has 10 N–H and O–H groups in total. The molecule has 0 fully saturated rings. The fourth-order valence-electron chi connectivity index (χ4n) is 1.26. The van der Waals surface area contributed by atoms with Crippen LogP contribution in [-0.2, 0) is 0 Å². The zero-order valence-corrected chi connectivity index (χ0v) is 12.8. The number of hydrogen-bond donors (Lipinski definition) is 5. The number of nitrogens with zero attached hydrogens (tertiary/aromatic N) is 8. The number of nitrogen functional groups attached to an aromatic ring is 3. The van der Waals surface area contributed by atoms with Gasteiger partial charge in [-0.1, -0.05) is 0 Å². The van der Waals surface area contributed by atoms with Gasteiger partial charge >= 0.3 is 0 Å². The van der Waals surface area contributed by atoms with Gasteiger partial charge in [-0.2, -0.15) is 29.9 Å². The fraction of sp³-hybridized carbons (Fsp3) is 0.300. The van der Waals surface area contributed by atoms with Gasteiger partial charge in [0.15, 0.2) is 0 Å². The largest absolute Gasteiger partial charge is 0.412 e. The molecule has 2 aromatic rings. The van der Waals surface area contributed by atoms with Crippen molar-refractivity contribution in [3.05, 3.63) is 5.82 Å². The summed E-state index contributed by atoms with van der Waals surface area (Å²) in [6, 6.07) is 0. The summed E-state index contributed by atoms with van der Waals surface area (Å²) in [4.78, 5) is 26.8. The molecule has 0 aliphatic heterocycles. The Labute approximate surface area is 136 Å². The van der Waals surface area contributed by atoms with E-state index in [2.05, 4.69) is 41.6 Å². The SMILES string of the molecule is C=Nc1nc(C)nc(N(CO)CO)n1.Nc1nc(N)nc(N)n1.O. The van der Waals surface area contributed by atoms with Gasteiger partial charge in [-0.3, -0.25) is 4.90 Å². The molecule has 2 aromatic heterocycles. The topological polar surface area (TPSA) is 243 Å². The van der Waals surface area contributed by atoms with E-state index < -0.39 is 0 Å². The van der Waals surface area contributed by atoms with Gasteiger partial charge in [0.2, 0.25) is 23.8 Å². The molecule has 132 valence electrons. The summed E-state index contributed by atoms with van der Waals surface area (Å²) in [6.45, 7) is 4.18. The minimum absolute atomic E-state index is 0. The number of aliphatic hydroxyl groups excluding tert-OH is 2. The molecule has 0 aliphatic rings. The van der Waals surface area contributed by atoms with Crippen molar-refractivity contribution in [3.63, 3.8) is 0 Å². The summed E-state index contributed by atoms with van der Waals surface area (Å²) in [7, 11) is 0. The fourth-order valence-corrected chi connectivity index (χ4v) is 1.26. The Hall–Kier alpha value is -3.23. The lowest BCUT2D eigenvalue weighted by atomic mass is 10.6. The number of nitrogens with two attached hydrogens (primary N) is 3. The van der Waals surface area contributed by atoms with Crippen LogP contribution in [0.5, 0.6) is 0 Å². The average molecular weight is 341 g/mol. The molecule has 0 saturated carbocycles. The summed E-state index contributed by atoms with van der Waals surface area (Å²) in [6.07, 6.45) is 0. The van der Waals surface area contributed by atoms with E-state index in [0.717, 1.165) is 4.90 Å². The van der Waals surface area contributed by atoms with Gasteiger partial charge in [0.25, 0.3) is 5.95 Å². The third-order valence-electron chi connectivity index (χ3n) is 2.18. The molecule has 0 unspecified atom stereocenters. The molecule has 0 radical (unpaired) electrons. The highest BCUT2D eigenvalue weighted by Gasteiger charge is 2.09. The van der Waals surface area contributed by atoms with Gasteiger partial charge in [0, 0.05) is 0 Å². The first-order chi connectivity index (χ1) is 10.9. The van der Waals surface area contributed by atoms with Crippen LogP contribution in [0.25, 0.3) is 0 Å². The zero-order valence-electron chi connectivity index (χ0n) is 12.8. The molecule has 0 aromatic carbocycles. The van der Waals surface area contributed by atoms with Crippen LogP contribution in [0.2, 0.25) is 0 Å². The second-order valence-corrected chi connectivity index (χ2v) is 3.87. The highest BCUT2D eigenvalue weighted by atomic mass is 16.3. The van der Waals surface area contributed by atoms with Crippen molar-refractivity contribution >= 4 is 36.5 Å². The molecule has 2 rings (SSSR count). The van der Waals surface area contributed by atoms with Crippen molar-refractivity contribution < 1.29 is 15.7 Å². The van der Waals surface area contributed by atoms with Crippen LogP contribution in [0, 0.1) is 6.92 Å². The smallest absolute Gasteiger partial charge is 0.253 e. The first-order valence-corrected chi connectivity index (χ1v) is 6.08. The van der Waals surface area contributed by atoms with Crippen LogP contribution in [0.4, 0.5) is 29.7 Å². The maximum Gasteiger partial charge on any atom is 0.253 e. The Morgan fingerprint density at radius 2 is 1.38 bits per heavy atom. The number of anilines is 4. The third kappa shape index (κ3) is 6.26. The molecule has 0 saturated heterocycles. The third-order valence-corrected chi connectivity index (χ3v) is 2.18. The Morgan fingerprint density at radius 1 is 0.917 bits per heavy atom. The number of aryl methyl sites for hydroxylation is 1.